The highest BCUT2D eigenvalue weighted by molar-refractivity contribution is 7.11. The van der Waals surface area contributed by atoms with Crippen LogP contribution in [0.25, 0.3) is 11.1 Å². The normalized spacial score (nSPS) is 7.87. The third-order valence-corrected chi connectivity index (χ3v) is 2.35. The first-order valence-electron chi connectivity index (χ1n) is 5.38. The molecule has 1 aromatic heterocycles. The minimum atomic E-state index is 0.988. The molecule has 0 atom stereocenters. The van der Waals surface area contributed by atoms with Crippen LogP contribution in [0, 0.1) is 0 Å². The van der Waals surface area contributed by atoms with E-state index in [0.717, 1.165) is 21.7 Å². The lowest BCUT2D eigenvalue weighted by atomic mass is 10.1. The number of thiazole rings is 1. The zero-order chi connectivity index (χ0) is 12.4. The Hall–Kier alpha value is -0.890. The van der Waals surface area contributed by atoms with Gasteiger partial charge in [-0.3, -0.25) is 0 Å². The molecule has 0 amide bonds. The van der Waals surface area contributed by atoms with Crippen molar-refractivity contribution in [1.82, 2.24) is 4.98 Å². The molecule has 0 aliphatic carbocycles. The van der Waals surface area contributed by atoms with Crippen LogP contribution in [0.5, 0.6) is 0 Å². The van der Waals surface area contributed by atoms with Crippen LogP contribution in [-0.2, 0) is 0 Å². The summed E-state index contributed by atoms with van der Waals surface area (Å²) in [6.07, 6.45) is 0. The minimum absolute atomic E-state index is 0.988. The van der Waals surface area contributed by atoms with Gasteiger partial charge in [-0.15, -0.1) is 11.3 Å². The zero-order valence-electron chi connectivity index (χ0n) is 10.8. The molecule has 0 radical (unpaired) electrons. The van der Waals surface area contributed by atoms with Gasteiger partial charge in [-0.25, -0.2) is 4.98 Å². The Morgan fingerprint density at radius 2 is 1.53 bits per heavy atom. The average Bonchev–Trinajstić information content (AvgIpc) is 2.72. The molecule has 0 aliphatic heterocycles. The van der Waals surface area contributed by atoms with Crippen LogP contribution in [0.4, 0.5) is 0 Å². The molecule has 0 N–H and O–H groups in total. The zero-order valence-corrected chi connectivity index (χ0v) is 11.7. The van der Waals surface area contributed by atoms with Gasteiger partial charge in [-0.1, -0.05) is 40.9 Å². The topological polar surface area (TPSA) is 12.9 Å². The van der Waals surface area contributed by atoms with Crippen molar-refractivity contribution >= 4 is 22.5 Å². The summed E-state index contributed by atoms with van der Waals surface area (Å²) in [7, 11) is 0. The lowest BCUT2D eigenvalue weighted by molar-refractivity contribution is 1.33. The Bertz CT molecular complexity index is 269. The van der Waals surface area contributed by atoms with E-state index in [2.05, 4.69) is 18.1 Å². The predicted octanol–water partition coefficient (Wildman–Crippen LogP) is 5.26. The highest BCUT2D eigenvalue weighted by Gasteiger charge is 2.05. The van der Waals surface area contributed by atoms with Gasteiger partial charge in [0.05, 0.1) is 16.1 Å². The second kappa shape index (κ2) is 9.66. The van der Waals surface area contributed by atoms with Crippen molar-refractivity contribution in [3.8, 4) is 0 Å². The van der Waals surface area contributed by atoms with Crippen molar-refractivity contribution in [2.75, 3.05) is 0 Å². The van der Waals surface area contributed by atoms with Crippen molar-refractivity contribution in [3.63, 3.8) is 0 Å². The molecular weight excluding hydrogens is 202 g/mol. The molecule has 0 aliphatic rings. The summed E-state index contributed by atoms with van der Waals surface area (Å²) >= 11 is 1.61. The summed E-state index contributed by atoms with van der Waals surface area (Å²) < 4.78 is 0. The van der Waals surface area contributed by atoms with E-state index in [1.165, 1.54) is 0 Å². The van der Waals surface area contributed by atoms with E-state index < -0.39 is 0 Å². The SMILES string of the molecule is C=C(C)c1ncsc1C(=C)C.CC.CC. The highest BCUT2D eigenvalue weighted by atomic mass is 32.1. The molecular formula is C13H23NS. The molecule has 0 fully saturated rings. The molecule has 0 bridgehead atoms. The van der Waals surface area contributed by atoms with E-state index in [-0.39, 0.29) is 0 Å². The largest absolute Gasteiger partial charge is 0.244 e. The summed E-state index contributed by atoms with van der Waals surface area (Å²) in [5.74, 6) is 0. The van der Waals surface area contributed by atoms with Gasteiger partial charge >= 0.3 is 0 Å². The molecule has 0 saturated heterocycles. The minimum Gasteiger partial charge on any atom is -0.244 e. The van der Waals surface area contributed by atoms with Crippen LogP contribution in [0.1, 0.15) is 52.1 Å². The lowest BCUT2D eigenvalue weighted by Gasteiger charge is -1.98. The quantitative estimate of drug-likeness (QED) is 0.669. The number of hydrogen-bond donors (Lipinski definition) is 0. The van der Waals surface area contributed by atoms with Crippen LogP contribution < -0.4 is 0 Å². The summed E-state index contributed by atoms with van der Waals surface area (Å²) in [5.41, 5.74) is 4.88. The maximum atomic E-state index is 4.20. The number of hydrogen-bond acceptors (Lipinski definition) is 2. The van der Waals surface area contributed by atoms with E-state index >= 15 is 0 Å². The van der Waals surface area contributed by atoms with E-state index in [4.69, 9.17) is 0 Å². The van der Waals surface area contributed by atoms with Gasteiger partial charge < -0.3 is 0 Å². The average molecular weight is 225 g/mol. The molecule has 0 spiro atoms. The summed E-state index contributed by atoms with van der Waals surface area (Å²) in [4.78, 5) is 5.35. The number of nitrogens with zero attached hydrogens (tertiary/aromatic N) is 1. The fourth-order valence-corrected chi connectivity index (χ4v) is 1.66. The summed E-state index contributed by atoms with van der Waals surface area (Å²) in [6.45, 7) is 19.7. The van der Waals surface area contributed by atoms with Crippen molar-refractivity contribution in [1.29, 1.82) is 0 Å². The summed E-state index contributed by atoms with van der Waals surface area (Å²) in [6, 6.07) is 0. The Morgan fingerprint density at radius 1 is 1.07 bits per heavy atom. The van der Waals surface area contributed by atoms with Crippen LogP contribution in [0.2, 0.25) is 0 Å². The van der Waals surface area contributed by atoms with Gasteiger partial charge in [0.25, 0.3) is 0 Å². The number of aromatic nitrogens is 1. The van der Waals surface area contributed by atoms with Crippen LogP contribution in [0.3, 0.4) is 0 Å². The molecule has 2 heteroatoms. The first-order valence-corrected chi connectivity index (χ1v) is 6.26. The van der Waals surface area contributed by atoms with E-state index in [1.54, 1.807) is 11.3 Å². The maximum absolute atomic E-state index is 4.20. The van der Waals surface area contributed by atoms with Crippen LogP contribution >= 0.6 is 11.3 Å². The van der Waals surface area contributed by atoms with Gasteiger partial charge in [0.15, 0.2) is 0 Å². The van der Waals surface area contributed by atoms with Crippen LogP contribution in [0.15, 0.2) is 18.7 Å². The second-order valence-corrected chi connectivity index (χ2v) is 3.45. The Kier molecular flexibility index (Phi) is 10.6. The Labute approximate surface area is 98.6 Å². The Balaban J connectivity index is 0. The molecule has 1 heterocycles. The second-order valence-electron chi connectivity index (χ2n) is 2.59. The predicted molar refractivity (Wildman–Crippen MR) is 74.2 cm³/mol. The van der Waals surface area contributed by atoms with E-state index in [1.807, 2.05) is 47.1 Å². The first kappa shape index (κ1) is 16.5. The van der Waals surface area contributed by atoms with Gasteiger partial charge in [0, 0.05) is 0 Å². The number of rotatable bonds is 2. The molecule has 0 saturated carbocycles. The molecule has 86 valence electrons. The smallest absolute Gasteiger partial charge is 0.0837 e. The van der Waals surface area contributed by atoms with Crippen molar-refractivity contribution in [3.05, 3.63) is 29.2 Å². The van der Waals surface area contributed by atoms with Crippen molar-refractivity contribution in [2.45, 2.75) is 41.5 Å². The maximum Gasteiger partial charge on any atom is 0.0837 e. The van der Waals surface area contributed by atoms with E-state index in [9.17, 15) is 0 Å². The third-order valence-electron chi connectivity index (χ3n) is 1.36. The van der Waals surface area contributed by atoms with Gasteiger partial charge in [0.2, 0.25) is 0 Å². The highest BCUT2D eigenvalue weighted by Crippen LogP contribution is 2.25. The Morgan fingerprint density at radius 3 is 1.80 bits per heavy atom. The fourth-order valence-electron chi connectivity index (χ4n) is 0.853. The molecule has 1 aromatic rings. The molecule has 0 unspecified atom stereocenters. The lowest BCUT2D eigenvalue weighted by Crippen LogP contribution is -1.82. The molecule has 1 rings (SSSR count). The van der Waals surface area contributed by atoms with Gasteiger partial charge in [0.1, 0.15) is 0 Å². The van der Waals surface area contributed by atoms with Gasteiger partial charge in [-0.05, 0) is 25.0 Å². The molecule has 0 aromatic carbocycles. The fraction of sp³-hybridized carbons (Fsp3) is 0.462. The monoisotopic (exact) mass is 225 g/mol. The van der Waals surface area contributed by atoms with Crippen molar-refractivity contribution in [2.24, 2.45) is 0 Å². The number of allylic oxidation sites excluding steroid dienone is 2. The molecule has 15 heavy (non-hydrogen) atoms. The third kappa shape index (κ3) is 5.53. The van der Waals surface area contributed by atoms with Crippen LogP contribution in [-0.4, -0.2) is 4.98 Å². The van der Waals surface area contributed by atoms with E-state index in [0.29, 0.717) is 0 Å². The van der Waals surface area contributed by atoms with Gasteiger partial charge in [-0.2, -0.15) is 0 Å². The summed E-state index contributed by atoms with van der Waals surface area (Å²) in [5, 5.41) is 0. The standard InChI is InChI=1S/C9H11NS.2C2H6/c1-6(2)8-9(7(3)4)11-5-10-8;2*1-2/h5H,1,3H2,2,4H3;2*1-2H3. The molecule has 1 nitrogen and oxygen atoms in total. The van der Waals surface area contributed by atoms with Crippen molar-refractivity contribution < 1.29 is 0 Å². The first-order chi connectivity index (χ1) is 7.13.